The van der Waals surface area contributed by atoms with Gasteiger partial charge in [-0.2, -0.15) is 0 Å². The molecule has 0 unspecified atom stereocenters. The molecule has 0 heterocycles. The van der Waals surface area contributed by atoms with E-state index >= 15 is 0 Å². The molecule has 0 aliphatic carbocycles. The molecule has 2 aromatic carbocycles. The van der Waals surface area contributed by atoms with E-state index in [9.17, 15) is 10.4 Å². The summed E-state index contributed by atoms with van der Waals surface area (Å²) in [6.45, 7) is 5.65. The molecule has 6 heteroatoms. The van der Waals surface area contributed by atoms with Crippen molar-refractivity contribution in [3.8, 4) is 11.5 Å². The summed E-state index contributed by atoms with van der Waals surface area (Å²) in [5.41, 5.74) is 1.58. The molecule has 0 spiro atoms. The van der Waals surface area contributed by atoms with Crippen LogP contribution in [0.4, 0.5) is 0 Å². The molecular formula is C24H32N2O4. The lowest BCUT2D eigenvalue weighted by molar-refractivity contribution is 0.306. The van der Waals surface area contributed by atoms with Gasteiger partial charge in [0, 0.05) is 11.1 Å². The molecule has 2 rings (SSSR count). The number of rotatable bonds is 13. The van der Waals surface area contributed by atoms with E-state index in [4.69, 9.17) is 9.47 Å². The highest BCUT2D eigenvalue weighted by molar-refractivity contribution is 6.53. The van der Waals surface area contributed by atoms with E-state index in [1.165, 1.54) is 0 Å². The second-order valence-corrected chi connectivity index (χ2v) is 7.06. The first-order valence-corrected chi connectivity index (χ1v) is 10.6. The molecule has 30 heavy (non-hydrogen) atoms. The first kappa shape index (κ1) is 23.3. The van der Waals surface area contributed by atoms with Gasteiger partial charge in [0.15, 0.2) is 0 Å². The Morgan fingerprint density at radius 3 is 1.30 bits per heavy atom. The molecule has 0 radical (unpaired) electrons. The lowest BCUT2D eigenvalue weighted by Crippen LogP contribution is -2.17. The average molecular weight is 413 g/mol. The Morgan fingerprint density at radius 2 is 1.00 bits per heavy atom. The average Bonchev–Trinajstić information content (AvgIpc) is 2.79. The van der Waals surface area contributed by atoms with Gasteiger partial charge in [-0.25, -0.2) is 0 Å². The van der Waals surface area contributed by atoms with Crippen LogP contribution in [0.3, 0.4) is 0 Å². The maximum atomic E-state index is 9.57. The molecule has 6 nitrogen and oxygen atoms in total. The van der Waals surface area contributed by atoms with Crippen molar-refractivity contribution >= 4 is 11.4 Å². The zero-order chi connectivity index (χ0) is 21.6. The van der Waals surface area contributed by atoms with Crippen LogP contribution in [0, 0.1) is 0 Å². The van der Waals surface area contributed by atoms with E-state index in [-0.39, 0.29) is 11.4 Å². The quantitative estimate of drug-likeness (QED) is 0.186. The van der Waals surface area contributed by atoms with Crippen molar-refractivity contribution < 1.29 is 19.9 Å². The maximum Gasteiger partial charge on any atom is 0.139 e. The van der Waals surface area contributed by atoms with E-state index in [1.54, 1.807) is 24.3 Å². The zero-order valence-electron chi connectivity index (χ0n) is 17.9. The third kappa shape index (κ3) is 7.10. The number of hydrogen-bond donors (Lipinski definition) is 2. The smallest absolute Gasteiger partial charge is 0.139 e. The van der Waals surface area contributed by atoms with Crippen LogP contribution in [0.15, 0.2) is 58.8 Å². The summed E-state index contributed by atoms with van der Waals surface area (Å²) in [7, 11) is 0. The molecule has 2 N–H and O–H groups in total. The standard InChI is InChI=1S/C24H32N2O4/c1-3-5-7-17-29-21-13-9-19(10-14-21)23(25-27)24(26-28)20-11-15-22(16-12-20)30-18-8-6-4-2/h9-16,27-28H,3-8,17-18H2,1-2H3/b25-23-,26-24+. The molecule has 0 amide bonds. The van der Waals surface area contributed by atoms with Crippen LogP contribution < -0.4 is 9.47 Å². The molecule has 0 atom stereocenters. The highest BCUT2D eigenvalue weighted by atomic mass is 16.5. The lowest BCUT2D eigenvalue weighted by atomic mass is 10.00. The van der Waals surface area contributed by atoms with E-state index in [0.717, 1.165) is 50.0 Å². The second kappa shape index (κ2) is 13.2. The third-order valence-electron chi connectivity index (χ3n) is 4.71. The van der Waals surface area contributed by atoms with Gasteiger partial charge in [-0.3, -0.25) is 0 Å². The zero-order valence-corrected chi connectivity index (χ0v) is 17.9. The molecule has 0 aliphatic rings. The number of benzene rings is 2. The SMILES string of the molecule is CCCCCOc1ccc(C(=N/O)/C(=N/O)c2ccc(OCCCCC)cc2)cc1. The summed E-state index contributed by atoms with van der Waals surface area (Å²) in [5.74, 6) is 1.50. The summed E-state index contributed by atoms with van der Waals surface area (Å²) >= 11 is 0. The number of oxime groups is 2. The van der Waals surface area contributed by atoms with Crippen molar-refractivity contribution in [2.24, 2.45) is 10.3 Å². The van der Waals surface area contributed by atoms with Gasteiger partial charge >= 0.3 is 0 Å². The van der Waals surface area contributed by atoms with E-state index in [1.807, 2.05) is 24.3 Å². The van der Waals surface area contributed by atoms with Gasteiger partial charge < -0.3 is 19.9 Å². The van der Waals surface area contributed by atoms with Crippen LogP contribution in [0.1, 0.15) is 63.5 Å². The van der Waals surface area contributed by atoms with Crippen molar-refractivity contribution in [3.05, 3.63) is 59.7 Å². The summed E-state index contributed by atoms with van der Waals surface area (Å²) in [5, 5.41) is 25.9. The summed E-state index contributed by atoms with van der Waals surface area (Å²) < 4.78 is 11.4. The Labute approximate surface area is 178 Å². The second-order valence-electron chi connectivity index (χ2n) is 7.06. The Bertz CT molecular complexity index is 729. The van der Waals surface area contributed by atoms with Crippen LogP contribution in [0.2, 0.25) is 0 Å². The van der Waals surface area contributed by atoms with Crippen LogP contribution in [0.5, 0.6) is 11.5 Å². The molecule has 0 fully saturated rings. The highest BCUT2D eigenvalue weighted by Crippen LogP contribution is 2.18. The van der Waals surface area contributed by atoms with Gasteiger partial charge in [-0.05, 0) is 61.4 Å². The number of unbranched alkanes of at least 4 members (excludes halogenated alkanes) is 4. The van der Waals surface area contributed by atoms with Crippen molar-refractivity contribution in [2.75, 3.05) is 13.2 Å². The highest BCUT2D eigenvalue weighted by Gasteiger charge is 2.16. The Kier molecular flexibility index (Phi) is 10.3. The minimum atomic E-state index is 0.173. The van der Waals surface area contributed by atoms with Crippen LogP contribution in [0.25, 0.3) is 0 Å². The van der Waals surface area contributed by atoms with Crippen molar-refractivity contribution in [1.29, 1.82) is 0 Å². The van der Waals surface area contributed by atoms with Gasteiger partial charge in [-0.1, -0.05) is 49.8 Å². The minimum absolute atomic E-state index is 0.173. The van der Waals surface area contributed by atoms with E-state index in [0.29, 0.717) is 24.3 Å². The topological polar surface area (TPSA) is 83.6 Å². The van der Waals surface area contributed by atoms with Gasteiger partial charge in [0.1, 0.15) is 22.9 Å². The van der Waals surface area contributed by atoms with Gasteiger partial charge in [0.05, 0.1) is 13.2 Å². The van der Waals surface area contributed by atoms with Crippen molar-refractivity contribution in [3.63, 3.8) is 0 Å². The molecule has 2 aromatic rings. The van der Waals surface area contributed by atoms with Crippen LogP contribution in [-0.2, 0) is 0 Å². The number of nitrogens with zero attached hydrogens (tertiary/aromatic N) is 2. The lowest BCUT2D eigenvalue weighted by Gasteiger charge is -2.10. The maximum absolute atomic E-state index is 9.57. The molecule has 0 saturated carbocycles. The Morgan fingerprint density at radius 1 is 0.633 bits per heavy atom. The van der Waals surface area contributed by atoms with Crippen LogP contribution in [-0.4, -0.2) is 35.1 Å². The first-order valence-electron chi connectivity index (χ1n) is 10.6. The molecule has 0 aromatic heterocycles. The van der Waals surface area contributed by atoms with Crippen molar-refractivity contribution in [1.82, 2.24) is 0 Å². The summed E-state index contributed by atoms with van der Waals surface area (Å²) in [4.78, 5) is 0. The summed E-state index contributed by atoms with van der Waals surface area (Å²) in [6, 6.07) is 14.4. The largest absolute Gasteiger partial charge is 0.494 e. The normalized spacial score (nSPS) is 12.1. The predicted molar refractivity (Wildman–Crippen MR) is 120 cm³/mol. The fraction of sp³-hybridized carbons (Fsp3) is 0.417. The fourth-order valence-electron chi connectivity index (χ4n) is 2.99. The first-order chi connectivity index (χ1) is 14.7. The van der Waals surface area contributed by atoms with Gasteiger partial charge in [0.2, 0.25) is 0 Å². The molecule has 162 valence electrons. The molecule has 0 aliphatic heterocycles. The summed E-state index contributed by atoms with van der Waals surface area (Å²) in [6.07, 6.45) is 6.60. The van der Waals surface area contributed by atoms with E-state index in [2.05, 4.69) is 24.2 Å². The Balaban J connectivity index is 2.05. The molecule has 0 bridgehead atoms. The number of ether oxygens (including phenoxy) is 2. The molecular weight excluding hydrogens is 380 g/mol. The fourth-order valence-corrected chi connectivity index (χ4v) is 2.99. The van der Waals surface area contributed by atoms with Gasteiger partial charge in [-0.15, -0.1) is 0 Å². The predicted octanol–water partition coefficient (Wildman–Crippen LogP) is 5.88. The third-order valence-corrected chi connectivity index (χ3v) is 4.71. The number of hydrogen-bond acceptors (Lipinski definition) is 6. The molecule has 0 saturated heterocycles. The Hall–Kier alpha value is -3.02. The van der Waals surface area contributed by atoms with Crippen LogP contribution >= 0.6 is 0 Å². The minimum Gasteiger partial charge on any atom is -0.494 e. The van der Waals surface area contributed by atoms with E-state index < -0.39 is 0 Å². The van der Waals surface area contributed by atoms with Crippen molar-refractivity contribution in [2.45, 2.75) is 52.4 Å². The van der Waals surface area contributed by atoms with Gasteiger partial charge in [0.25, 0.3) is 0 Å². The monoisotopic (exact) mass is 412 g/mol.